The molecule has 0 aliphatic carbocycles. The second-order valence-corrected chi connectivity index (χ2v) is 4.49. The summed E-state index contributed by atoms with van der Waals surface area (Å²) >= 11 is 0. The molecule has 2 unspecified atom stereocenters. The molecule has 0 radical (unpaired) electrons. The van der Waals surface area contributed by atoms with Gasteiger partial charge in [-0.1, -0.05) is 13.0 Å². The van der Waals surface area contributed by atoms with Crippen molar-refractivity contribution < 1.29 is 4.74 Å². The first-order valence-electron chi connectivity index (χ1n) is 6.34. The second kappa shape index (κ2) is 5.98. The highest BCUT2D eigenvalue weighted by Crippen LogP contribution is 2.30. The number of nitrogen functional groups attached to an aromatic ring is 1. The van der Waals surface area contributed by atoms with Gasteiger partial charge >= 0.3 is 0 Å². The van der Waals surface area contributed by atoms with E-state index in [4.69, 9.17) is 10.5 Å². The Labute approximate surface area is 103 Å². The molecule has 1 aromatic rings. The van der Waals surface area contributed by atoms with Gasteiger partial charge < -0.3 is 15.8 Å². The van der Waals surface area contributed by atoms with Gasteiger partial charge in [-0.05, 0) is 25.5 Å². The molecule has 4 nitrogen and oxygen atoms in total. The fraction of sp³-hybridized carbons (Fsp3) is 0.615. The van der Waals surface area contributed by atoms with E-state index in [0.29, 0.717) is 11.7 Å². The summed E-state index contributed by atoms with van der Waals surface area (Å²) in [6, 6.07) is 4.26. The van der Waals surface area contributed by atoms with E-state index >= 15 is 0 Å². The highest BCUT2D eigenvalue weighted by Gasteiger charge is 2.26. The zero-order chi connectivity index (χ0) is 12.1. The lowest BCUT2D eigenvalue weighted by Crippen LogP contribution is -2.34. The molecule has 1 aliphatic rings. The van der Waals surface area contributed by atoms with E-state index in [-0.39, 0.29) is 6.04 Å². The summed E-state index contributed by atoms with van der Waals surface area (Å²) in [4.78, 5) is 4.17. The number of hydrogen-bond donors (Lipinski definition) is 2. The van der Waals surface area contributed by atoms with Crippen molar-refractivity contribution in [2.75, 3.05) is 25.5 Å². The average molecular weight is 235 g/mol. The third-order valence-corrected chi connectivity index (χ3v) is 3.30. The molecule has 1 aliphatic heterocycles. The summed E-state index contributed by atoms with van der Waals surface area (Å²) in [7, 11) is 0. The Morgan fingerprint density at radius 2 is 2.53 bits per heavy atom. The van der Waals surface area contributed by atoms with Crippen molar-refractivity contribution in [2.24, 2.45) is 5.92 Å². The van der Waals surface area contributed by atoms with Gasteiger partial charge in [-0.15, -0.1) is 0 Å². The summed E-state index contributed by atoms with van der Waals surface area (Å²) in [5, 5.41) is 3.51. The number of nitrogens with two attached hydrogens (primary N) is 1. The van der Waals surface area contributed by atoms with Crippen LogP contribution in [-0.2, 0) is 4.74 Å². The molecule has 2 atom stereocenters. The van der Waals surface area contributed by atoms with Crippen LogP contribution < -0.4 is 11.1 Å². The summed E-state index contributed by atoms with van der Waals surface area (Å²) < 4.78 is 5.57. The molecule has 1 saturated heterocycles. The van der Waals surface area contributed by atoms with E-state index in [9.17, 15) is 0 Å². The lowest BCUT2D eigenvalue weighted by atomic mass is 9.89. The normalized spacial score (nSPS) is 22.3. The van der Waals surface area contributed by atoms with Crippen LogP contribution in [0.5, 0.6) is 0 Å². The first-order chi connectivity index (χ1) is 8.33. The fourth-order valence-electron chi connectivity index (χ4n) is 2.47. The molecular weight excluding hydrogens is 214 g/mol. The summed E-state index contributed by atoms with van der Waals surface area (Å²) in [5.74, 6) is 1.12. The Balaban J connectivity index is 2.18. The van der Waals surface area contributed by atoms with Gasteiger partial charge in [0, 0.05) is 30.3 Å². The standard InChI is InChI=1S/C13H21N3O/c1-2-15-12(10-5-4-8-17-9-10)11-6-3-7-16-13(11)14/h3,6-7,10,12,15H,2,4-5,8-9H2,1H3,(H2,14,16). The quantitative estimate of drug-likeness (QED) is 0.834. The maximum Gasteiger partial charge on any atom is 0.128 e. The molecule has 94 valence electrons. The summed E-state index contributed by atoms with van der Waals surface area (Å²) in [5.41, 5.74) is 7.07. The van der Waals surface area contributed by atoms with Gasteiger partial charge in [0.1, 0.15) is 5.82 Å². The molecule has 0 aromatic carbocycles. The van der Waals surface area contributed by atoms with E-state index in [1.807, 2.05) is 6.07 Å². The number of pyridine rings is 1. The van der Waals surface area contributed by atoms with Crippen molar-refractivity contribution in [2.45, 2.75) is 25.8 Å². The zero-order valence-electron chi connectivity index (χ0n) is 10.4. The lowest BCUT2D eigenvalue weighted by Gasteiger charge is -2.31. The molecule has 0 amide bonds. The SMILES string of the molecule is CCNC(c1cccnc1N)C1CCCOC1. The molecule has 0 spiro atoms. The first-order valence-corrected chi connectivity index (χ1v) is 6.34. The van der Waals surface area contributed by atoms with E-state index in [2.05, 4.69) is 23.3 Å². The number of rotatable bonds is 4. The largest absolute Gasteiger partial charge is 0.383 e. The summed E-state index contributed by atoms with van der Waals surface area (Å²) in [6.07, 6.45) is 4.05. The van der Waals surface area contributed by atoms with Crippen LogP contribution in [0.4, 0.5) is 5.82 Å². The van der Waals surface area contributed by atoms with Gasteiger partial charge in [-0.25, -0.2) is 4.98 Å². The molecule has 2 heterocycles. The Bertz CT molecular complexity index is 350. The van der Waals surface area contributed by atoms with Crippen molar-refractivity contribution in [3.05, 3.63) is 23.9 Å². The highest BCUT2D eigenvalue weighted by atomic mass is 16.5. The molecule has 1 aromatic heterocycles. The van der Waals surface area contributed by atoms with Crippen LogP contribution in [0.25, 0.3) is 0 Å². The van der Waals surface area contributed by atoms with Crippen molar-refractivity contribution in [3.63, 3.8) is 0 Å². The van der Waals surface area contributed by atoms with Crippen molar-refractivity contribution in [3.8, 4) is 0 Å². The fourth-order valence-corrected chi connectivity index (χ4v) is 2.47. The number of aromatic nitrogens is 1. The summed E-state index contributed by atoms with van der Waals surface area (Å²) in [6.45, 7) is 4.74. The minimum atomic E-state index is 0.258. The smallest absolute Gasteiger partial charge is 0.128 e. The molecule has 4 heteroatoms. The van der Waals surface area contributed by atoms with Crippen LogP contribution in [0.3, 0.4) is 0 Å². The molecule has 0 saturated carbocycles. The Morgan fingerprint density at radius 3 is 3.18 bits per heavy atom. The molecular formula is C13H21N3O. The topological polar surface area (TPSA) is 60.2 Å². The van der Waals surface area contributed by atoms with Crippen LogP contribution in [0.2, 0.25) is 0 Å². The van der Waals surface area contributed by atoms with Gasteiger partial charge in [-0.2, -0.15) is 0 Å². The molecule has 0 bridgehead atoms. The molecule has 3 N–H and O–H groups in total. The number of hydrogen-bond acceptors (Lipinski definition) is 4. The number of nitrogens with zero attached hydrogens (tertiary/aromatic N) is 1. The van der Waals surface area contributed by atoms with Crippen molar-refractivity contribution >= 4 is 5.82 Å². The highest BCUT2D eigenvalue weighted by molar-refractivity contribution is 5.41. The lowest BCUT2D eigenvalue weighted by molar-refractivity contribution is 0.0393. The number of anilines is 1. The molecule has 17 heavy (non-hydrogen) atoms. The Kier molecular flexibility index (Phi) is 4.34. The average Bonchev–Trinajstić information content (AvgIpc) is 2.38. The third-order valence-electron chi connectivity index (χ3n) is 3.30. The van der Waals surface area contributed by atoms with Crippen LogP contribution in [-0.4, -0.2) is 24.7 Å². The van der Waals surface area contributed by atoms with Gasteiger partial charge in [0.2, 0.25) is 0 Å². The van der Waals surface area contributed by atoms with Gasteiger partial charge in [-0.3, -0.25) is 0 Å². The van der Waals surface area contributed by atoms with E-state index in [1.165, 1.54) is 6.42 Å². The molecule has 2 rings (SSSR count). The van der Waals surface area contributed by atoms with Crippen LogP contribution >= 0.6 is 0 Å². The van der Waals surface area contributed by atoms with E-state index in [0.717, 1.165) is 31.7 Å². The van der Waals surface area contributed by atoms with Crippen LogP contribution in [0.1, 0.15) is 31.4 Å². The first kappa shape index (κ1) is 12.3. The third kappa shape index (κ3) is 2.96. The van der Waals surface area contributed by atoms with Crippen LogP contribution in [0, 0.1) is 5.92 Å². The van der Waals surface area contributed by atoms with E-state index < -0.39 is 0 Å². The number of nitrogens with one attached hydrogen (secondary N) is 1. The maximum absolute atomic E-state index is 5.97. The van der Waals surface area contributed by atoms with Crippen molar-refractivity contribution in [1.29, 1.82) is 0 Å². The van der Waals surface area contributed by atoms with Gasteiger partial charge in [0.15, 0.2) is 0 Å². The van der Waals surface area contributed by atoms with Crippen LogP contribution in [0.15, 0.2) is 18.3 Å². The predicted molar refractivity (Wildman–Crippen MR) is 68.6 cm³/mol. The zero-order valence-corrected chi connectivity index (χ0v) is 10.4. The van der Waals surface area contributed by atoms with Gasteiger partial charge in [0.25, 0.3) is 0 Å². The monoisotopic (exact) mass is 235 g/mol. The van der Waals surface area contributed by atoms with Gasteiger partial charge in [0.05, 0.1) is 6.61 Å². The Morgan fingerprint density at radius 1 is 1.65 bits per heavy atom. The minimum absolute atomic E-state index is 0.258. The minimum Gasteiger partial charge on any atom is -0.383 e. The maximum atomic E-state index is 5.97. The molecule has 1 fully saturated rings. The predicted octanol–water partition coefficient (Wildman–Crippen LogP) is 1.74. The Hall–Kier alpha value is -1.13. The second-order valence-electron chi connectivity index (χ2n) is 4.49. The van der Waals surface area contributed by atoms with E-state index in [1.54, 1.807) is 6.20 Å². The van der Waals surface area contributed by atoms with Crippen molar-refractivity contribution in [1.82, 2.24) is 10.3 Å². The number of ether oxygens (including phenoxy) is 1.